The fourth-order valence-electron chi connectivity index (χ4n) is 1.42. The van der Waals surface area contributed by atoms with E-state index in [1.165, 1.54) is 5.56 Å². The summed E-state index contributed by atoms with van der Waals surface area (Å²) in [5, 5.41) is 1.50. The Morgan fingerprint density at radius 3 is 2.60 bits per heavy atom. The molecule has 1 atom stereocenters. The number of hydrogen-bond donors (Lipinski definition) is 0. The Balaban J connectivity index is 2.11. The third kappa shape index (κ3) is 2.42. The van der Waals surface area contributed by atoms with Crippen molar-refractivity contribution < 1.29 is 0 Å². The molecule has 0 spiro atoms. The van der Waals surface area contributed by atoms with Gasteiger partial charge in [-0.3, -0.25) is 0 Å². The van der Waals surface area contributed by atoms with Crippen LogP contribution in [0.15, 0.2) is 47.9 Å². The van der Waals surface area contributed by atoms with Gasteiger partial charge in [-0.2, -0.15) is 0 Å². The zero-order valence-electron chi connectivity index (χ0n) is 8.92. The highest BCUT2D eigenvalue weighted by Gasteiger charge is 2.09. The molecule has 0 fully saturated rings. The van der Waals surface area contributed by atoms with Gasteiger partial charge in [0.25, 0.3) is 0 Å². The van der Waals surface area contributed by atoms with Gasteiger partial charge in [0.2, 0.25) is 0 Å². The number of benzene rings is 1. The van der Waals surface area contributed by atoms with Crippen LogP contribution in [0.4, 0.5) is 0 Å². The highest BCUT2D eigenvalue weighted by atomic mass is 32.2. The van der Waals surface area contributed by atoms with Crippen molar-refractivity contribution in [2.45, 2.75) is 17.3 Å². The Bertz CT molecular complexity index is 422. The summed E-state index contributed by atoms with van der Waals surface area (Å²) in [5.74, 6) is 0. The number of nitrogens with zero attached hydrogens (tertiary/aromatic N) is 2. The first-order chi connectivity index (χ1) is 7.27. The maximum Gasteiger partial charge on any atom is 0.168 e. The van der Waals surface area contributed by atoms with Crippen molar-refractivity contribution in [1.29, 1.82) is 0 Å². The SMILES string of the molecule is CC(Sc1nccn1C)c1ccccc1. The fourth-order valence-corrected chi connectivity index (χ4v) is 2.37. The molecule has 1 heterocycles. The molecule has 0 aliphatic carbocycles. The molecule has 0 bridgehead atoms. The first-order valence-electron chi connectivity index (χ1n) is 4.96. The summed E-state index contributed by atoms with van der Waals surface area (Å²) in [7, 11) is 2.02. The van der Waals surface area contributed by atoms with E-state index in [4.69, 9.17) is 0 Å². The van der Waals surface area contributed by atoms with Gasteiger partial charge in [-0.25, -0.2) is 4.98 Å². The van der Waals surface area contributed by atoms with E-state index in [0.29, 0.717) is 5.25 Å². The summed E-state index contributed by atoms with van der Waals surface area (Å²) in [4.78, 5) is 4.31. The summed E-state index contributed by atoms with van der Waals surface area (Å²) in [6, 6.07) is 10.5. The molecule has 2 rings (SSSR count). The van der Waals surface area contributed by atoms with Gasteiger partial charge in [-0.15, -0.1) is 0 Å². The van der Waals surface area contributed by atoms with Crippen molar-refractivity contribution in [2.75, 3.05) is 0 Å². The number of aromatic nitrogens is 2. The molecule has 0 amide bonds. The Morgan fingerprint density at radius 1 is 1.27 bits per heavy atom. The lowest BCUT2D eigenvalue weighted by molar-refractivity contribution is 0.786. The van der Waals surface area contributed by atoms with E-state index in [-0.39, 0.29) is 0 Å². The predicted molar refractivity (Wildman–Crippen MR) is 63.9 cm³/mol. The number of hydrogen-bond acceptors (Lipinski definition) is 2. The van der Waals surface area contributed by atoms with Crippen molar-refractivity contribution in [3.63, 3.8) is 0 Å². The molecule has 1 aromatic carbocycles. The van der Waals surface area contributed by atoms with E-state index in [0.717, 1.165) is 5.16 Å². The van der Waals surface area contributed by atoms with Gasteiger partial charge in [-0.05, 0) is 12.5 Å². The minimum absolute atomic E-state index is 0.437. The smallest absolute Gasteiger partial charge is 0.168 e. The molecule has 2 nitrogen and oxygen atoms in total. The van der Waals surface area contributed by atoms with Gasteiger partial charge in [-0.1, -0.05) is 42.1 Å². The fraction of sp³-hybridized carbons (Fsp3) is 0.250. The first kappa shape index (κ1) is 10.3. The largest absolute Gasteiger partial charge is 0.329 e. The molecule has 0 aliphatic rings. The van der Waals surface area contributed by atoms with Gasteiger partial charge < -0.3 is 4.57 Å². The first-order valence-corrected chi connectivity index (χ1v) is 5.84. The maximum absolute atomic E-state index is 4.31. The van der Waals surface area contributed by atoms with E-state index in [1.807, 2.05) is 30.1 Å². The highest BCUT2D eigenvalue weighted by Crippen LogP contribution is 2.32. The third-order valence-corrected chi connectivity index (χ3v) is 3.56. The van der Waals surface area contributed by atoms with Gasteiger partial charge in [0, 0.05) is 24.7 Å². The Morgan fingerprint density at radius 2 is 2.00 bits per heavy atom. The van der Waals surface area contributed by atoms with E-state index in [9.17, 15) is 0 Å². The molecule has 0 saturated carbocycles. The van der Waals surface area contributed by atoms with Gasteiger partial charge >= 0.3 is 0 Å². The lowest BCUT2D eigenvalue weighted by Crippen LogP contribution is -1.93. The second-order valence-corrected chi connectivity index (χ2v) is 4.80. The number of imidazole rings is 1. The average molecular weight is 218 g/mol. The second kappa shape index (κ2) is 4.53. The van der Waals surface area contributed by atoms with Gasteiger partial charge in [0.1, 0.15) is 0 Å². The summed E-state index contributed by atoms with van der Waals surface area (Å²) >= 11 is 1.78. The summed E-state index contributed by atoms with van der Waals surface area (Å²) in [6.45, 7) is 2.20. The number of thioether (sulfide) groups is 1. The van der Waals surface area contributed by atoms with Crippen molar-refractivity contribution in [1.82, 2.24) is 9.55 Å². The second-order valence-electron chi connectivity index (χ2n) is 3.49. The van der Waals surface area contributed by atoms with Gasteiger partial charge in [0.05, 0.1) is 0 Å². The van der Waals surface area contributed by atoms with Crippen LogP contribution < -0.4 is 0 Å². The minimum Gasteiger partial charge on any atom is -0.329 e. The molecule has 15 heavy (non-hydrogen) atoms. The summed E-state index contributed by atoms with van der Waals surface area (Å²) in [5.41, 5.74) is 1.34. The molecule has 3 heteroatoms. The van der Waals surface area contributed by atoms with Crippen LogP contribution in [0.5, 0.6) is 0 Å². The molecule has 2 aromatic rings. The number of rotatable bonds is 3. The molecule has 78 valence electrons. The molecular weight excluding hydrogens is 204 g/mol. The van der Waals surface area contributed by atoms with Crippen LogP contribution in [0.1, 0.15) is 17.7 Å². The van der Waals surface area contributed by atoms with Crippen LogP contribution >= 0.6 is 11.8 Å². The highest BCUT2D eigenvalue weighted by molar-refractivity contribution is 7.99. The summed E-state index contributed by atoms with van der Waals surface area (Å²) < 4.78 is 2.05. The molecule has 0 radical (unpaired) electrons. The summed E-state index contributed by atoms with van der Waals surface area (Å²) in [6.07, 6.45) is 3.81. The maximum atomic E-state index is 4.31. The van der Waals surface area contributed by atoms with E-state index >= 15 is 0 Å². The van der Waals surface area contributed by atoms with Crippen molar-refractivity contribution in [3.8, 4) is 0 Å². The predicted octanol–water partition coefficient (Wildman–Crippen LogP) is 3.27. The topological polar surface area (TPSA) is 17.8 Å². The lowest BCUT2D eigenvalue weighted by atomic mass is 10.2. The molecule has 0 aliphatic heterocycles. The van der Waals surface area contributed by atoms with E-state index in [2.05, 4.69) is 36.2 Å². The Hall–Kier alpha value is -1.22. The van der Waals surface area contributed by atoms with Crippen LogP contribution in [0, 0.1) is 0 Å². The molecular formula is C12H14N2S. The zero-order chi connectivity index (χ0) is 10.7. The number of aryl methyl sites for hydroxylation is 1. The lowest BCUT2D eigenvalue weighted by Gasteiger charge is -2.10. The van der Waals surface area contributed by atoms with Crippen LogP contribution in [0.25, 0.3) is 0 Å². The average Bonchev–Trinajstić information content (AvgIpc) is 2.66. The van der Waals surface area contributed by atoms with Crippen LogP contribution in [-0.4, -0.2) is 9.55 Å². The van der Waals surface area contributed by atoms with Crippen molar-refractivity contribution >= 4 is 11.8 Å². The van der Waals surface area contributed by atoms with Crippen molar-refractivity contribution in [3.05, 3.63) is 48.3 Å². The molecule has 0 N–H and O–H groups in total. The van der Waals surface area contributed by atoms with Gasteiger partial charge in [0.15, 0.2) is 5.16 Å². The monoisotopic (exact) mass is 218 g/mol. The minimum atomic E-state index is 0.437. The quantitative estimate of drug-likeness (QED) is 0.736. The molecule has 1 unspecified atom stereocenters. The van der Waals surface area contributed by atoms with E-state index < -0.39 is 0 Å². The van der Waals surface area contributed by atoms with E-state index in [1.54, 1.807) is 11.8 Å². The van der Waals surface area contributed by atoms with Crippen LogP contribution in [0.2, 0.25) is 0 Å². The third-order valence-electron chi connectivity index (χ3n) is 2.33. The molecule has 0 saturated heterocycles. The van der Waals surface area contributed by atoms with Crippen molar-refractivity contribution in [2.24, 2.45) is 7.05 Å². The Labute approximate surface area is 94.3 Å². The Kier molecular flexibility index (Phi) is 3.11. The molecule has 1 aromatic heterocycles. The normalized spacial score (nSPS) is 12.7. The van der Waals surface area contributed by atoms with Crippen LogP contribution in [-0.2, 0) is 7.05 Å². The zero-order valence-corrected chi connectivity index (χ0v) is 9.74. The standard InChI is InChI=1S/C12H14N2S/c1-10(11-6-4-3-5-7-11)15-12-13-8-9-14(12)2/h3-10H,1-2H3. The van der Waals surface area contributed by atoms with Crippen LogP contribution in [0.3, 0.4) is 0 Å².